The standard InChI is InChI=1S/C13H24N4O2/c1-2-3-15-12(18)7-16-13(19)17-8-10-4-11(9-17)6-14-5-10/h10-11,14H,2-9H2,1H3,(H,15,18)(H,16,19). The molecule has 0 aromatic heterocycles. The molecule has 0 aromatic rings. The molecule has 0 aliphatic carbocycles. The third kappa shape index (κ3) is 4.09. The average Bonchev–Trinajstić information content (AvgIpc) is 2.42. The molecule has 19 heavy (non-hydrogen) atoms. The van der Waals surface area contributed by atoms with Gasteiger partial charge in [0.15, 0.2) is 0 Å². The number of carbonyl (C=O) groups is 2. The van der Waals surface area contributed by atoms with Crippen molar-refractivity contribution in [3.05, 3.63) is 0 Å². The number of urea groups is 1. The average molecular weight is 268 g/mol. The Hall–Kier alpha value is -1.30. The Morgan fingerprint density at radius 3 is 2.53 bits per heavy atom. The molecule has 2 bridgehead atoms. The molecule has 2 aliphatic heterocycles. The van der Waals surface area contributed by atoms with Crippen LogP contribution in [0.5, 0.6) is 0 Å². The molecule has 2 rings (SSSR count). The quantitative estimate of drug-likeness (QED) is 0.659. The van der Waals surface area contributed by atoms with Crippen molar-refractivity contribution in [1.29, 1.82) is 0 Å². The van der Waals surface area contributed by atoms with Crippen molar-refractivity contribution in [3.8, 4) is 0 Å². The Morgan fingerprint density at radius 2 is 1.89 bits per heavy atom. The minimum Gasteiger partial charge on any atom is -0.355 e. The molecule has 0 spiro atoms. The summed E-state index contributed by atoms with van der Waals surface area (Å²) in [6.45, 7) is 6.32. The molecule has 2 atom stereocenters. The summed E-state index contributed by atoms with van der Waals surface area (Å²) < 4.78 is 0. The van der Waals surface area contributed by atoms with Crippen molar-refractivity contribution in [3.63, 3.8) is 0 Å². The lowest BCUT2D eigenvalue weighted by atomic mass is 9.86. The Balaban J connectivity index is 1.72. The second-order valence-electron chi connectivity index (χ2n) is 5.54. The molecule has 108 valence electrons. The van der Waals surface area contributed by atoms with Crippen LogP contribution in [0.25, 0.3) is 0 Å². The molecular weight excluding hydrogens is 244 g/mol. The number of rotatable bonds is 4. The predicted octanol–water partition coefficient (Wildman–Crippen LogP) is -0.236. The summed E-state index contributed by atoms with van der Waals surface area (Å²) in [7, 11) is 0. The molecular formula is C13H24N4O2. The molecule has 3 N–H and O–H groups in total. The molecule has 2 unspecified atom stereocenters. The summed E-state index contributed by atoms with van der Waals surface area (Å²) in [6, 6.07) is -0.108. The number of amides is 3. The van der Waals surface area contributed by atoms with Crippen molar-refractivity contribution in [2.45, 2.75) is 19.8 Å². The first kappa shape index (κ1) is 14.1. The van der Waals surface area contributed by atoms with E-state index in [0.717, 1.165) is 32.6 Å². The van der Waals surface area contributed by atoms with Crippen LogP contribution in [0.3, 0.4) is 0 Å². The number of hydrogen-bond acceptors (Lipinski definition) is 3. The van der Waals surface area contributed by atoms with Gasteiger partial charge in [-0.05, 0) is 37.8 Å². The van der Waals surface area contributed by atoms with Gasteiger partial charge in [-0.15, -0.1) is 0 Å². The first-order valence-corrected chi connectivity index (χ1v) is 7.19. The van der Waals surface area contributed by atoms with Gasteiger partial charge in [0, 0.05) is 19.6 Å². The monoisotopic (exact) mass is 268 g/mol. The van der Waals surface area contributed by atoms with E-state index in [9.17, 15) is 9.59 Å². The van der Waals surface area contributed by atoms with Crippen LogP contribution in [0.15, 0.2) is 0 Å². The predicted molar refractivity (Wildman–Crippen MR) is 72.7 cm³/mol. The highest BCUT2D eigenvalue weighted by Gasteiger charge is 2.32. The number of piperidine rings is 2. The maximum atomic E-state index is 12.0. The lowest BCUT2D eigenvalue weighted by Gasteiger charge is -2.41. The van der Waals surface area contributed by atoms with Crippen LogP contribution in [0.1, 0.15) is 19.8 Å². The smallest absolute Gasteiger partial charge is 0.317 e. The SMILES string of the molecule is CCCNC(=O)CNC(=O)N1CC2CNCC(C2)C1. The van der Waals surface area contributed by atoms with Gasteiger partial charge in [-0.3, -0.25) is 4.79 Å². The fourth-order valence-corrected chi connectivity index (χ4v) is 2.87. The van der Waals surface area contributed by atoms with E-state index in [0.29, 0.717) is 18.4 Å². The van der Waals surface area contributed by atoms with E-state index >= 15 is 0 Å². The van der Waals surface area contributed by atoms with Gasteiger partial charge in [0.25, 0.3) is 0 Å². The Labute approximate surface area is 114 Å². The van der Waals surface area contributed by atoms with Gasteiger partial charge in [0.2, 0.25) is 5.91 Å². The highest BCUT2D eigenvalue weighted by atomic mass is 16.2. The van der Waals surface area contributed by atoms with Crippen molar-refractivity contribution >= 4 is 11.9 Å². The van der Waals surface area contributed by atoms with Crippen molar-refractivity contribution in [2.24, 2.45) is 11.8 Å². The number of nitrogens with zero attached hydrogens (tertiary/aromatic N) is 1. The molecule has 2 heterocycles. The molecule has 2 fully saturated rings. The molecule has 6 nitrogen and oxygen atoms in total. The molecule has 2 saturated heterocycles. The first-order valence-electron chi connectivity index (χ1n) is 7.19. The number of likely N-dealkylation sites (tertiary alicyclic amines) is 1. The second kappa shape index (κ2) is 6.75. The minimum absolute atomic E-state index is 0.0723. The van der Waals surface area contributed by atoms with Crippen LogP contribution in [0.4, 0.5) is 4.79 Å². The van der Waals surface area contributed by atoms with E-state index in [2.05, 4.69) is 16.0 Å². The van der Waals surface area contributed by atoms with E-state index in [1.807, 2.05) is 11.8 Å². The van der Waals surface area contributed by atoms with Crippen LogP contribution < -0.4 is 16.0 Å². The molecule has 6 heteroatoms. The fourth-order valence-electron chi connectivity index (χ4n) is 2.87. The van der Waals surface area contributed by atoms with Gasteiger partial charge in [0.1, 0.15) is 0 Å². The van der Waals surface area contributed by atoms with Crippen molar-refractivity contribution in [2.75, 3.05) is 39.3 Å². The van der Waals surface area contributed by atoms with E-state index in [1.165, 1.54) is 6.42 Å². The highest BCUT2D eigenvalue weighted by Crippen LogP contribution is 2.24. The second-order valence-corrected chi connectivity index (χ2v) is 5.54. The van der Waals surface area contributed by atoms with Crippen molar-refractivity contribution < 1.29 is 9.59 Å². The van der Waals surface area contributed by atoms with E-state index in [-0.39, 0.29) is 18.5 Å². The Kier molecular flexibility index (Phi) is 5.01. The number of carbonyl (C=O) groups excluding carboxylic acids is 2. The minimum atomic E-state index is -0.117. The van der Waals surface area contributed by atoms with E-state index < -0.39 is 0 Å². The van der Waals surface area contributed by atoms with Gasteiger partial charge < -0.3 is 20.9 Å². The van der Waals surface area contributed by atoms with Gasteiger partial charge in [-0.2, -0.15) is 0 Å². The van der Waals surface area contributed by atoms with Crippen LogP contribution in [-0.2, 0) is 4.79 Å². The molecule has 2 aliphatic rings. The Morgan fingerprint density at radius 1 is 1.21 bits per heavy atom. The van der Waals surface area contributed by atoms with Gasteiger partial charge in [-0.1, -0.05) is 6.92 Å². The van der Waals surface area contributed by atoms with Gasteiger partial charge in [0.05, 0.1) is 6.54 Å². The maximum absolute atomic E-state index is 12.0. The maximum Gasteiger partial charge on any atom is 0.317 e. The largest absolute Gasteiger partial charge is 0.355 e. The number of nitrogens with one attached hydrogen (secondary N) is 3. The zero-order valence-corrected chi connectivity index (χ0v) is 11.6. The number of fused-ring (bicyclic) bond motifs is 2. The summed E-state index contributed by atoms with van der Waals surface area (Å²) in [6.07, 6.45) is 2.12. The lowest BCUT2D eigenvalue weighted by Crippen LogP contribution is -2.55. The Bertz CT molecular complexity index is 323. The van der Waals surface area contributed by atoms with Gasteiger partial charge >= 0.3 is 6.03 Å². The van der Waals surface area contributed by atoms with E-state index in [1.54, 1.807) is 0 Å². The summed E-state index contributed by atoms with van der Waals surface area (Å²) in [5.41, 5.74) is 0. The third-order valence-corrected chi connectivity index (χ3v) is 3.75. The summed E-state index contributed by atoms with van der Waals surface area (Å²) >= 11 is 0. The summed E-state index contributed by atoms with van der Waals surface area (Å²) in [5.74, 6) is 1.01. The van der Waals surface area contributed by atoms with Crippen LogP contribution in [0, 0.1) is 11.8 Å². The normalized spacial score (nSPS) is 25.8. The fraction of sp³-hybridized carbons (Fsp3) is 0.846. The lowest BCUT2D eigenvalue weighted by molar-refractivity contribution is -0.120. The van der Waals surface area contributed by atoms with Crippen LogP contribution >= 0.6 is 0 Å². The molecule has 3 amide bonds. The van der Waals surface area contributed by atoms with Crippen molar-refractivity contribution in [1.82, 2.24) is 20.9 Å². The topological polar surface area (TPSA) is 73.5 Å². The summed E-state index contributed by atoms with van der Waals surface area (Å²) in [4.78, 5) is 25.3. The van der Waals surface area contributed by atoms with Crippen LogP contribution in [-0.4, -0.2) is 56.1 Å². The zero-order chi connectivity index (χ0) is 13.7. The molecule has 0 radical (unpaired) electrons. The van der Waals surface area contributed by atoms with E-state index in [4.69, 9.17) is 0 Å². The third-order valence-electron chi connectivity index (χ3n) is 3.75. The first-order chi connectivity index (χ1) is 9.19. The summed E-state index contributed by atoms with van der Waals surface area (Å²) in [5, 5.41) is 8.85. The highest BCUT2D eigenvalue weighted by molar-refractivity contribution is 5.83. The van der Waals surface area contributed by atoms with Crippen LogP contribution in [0.2, 0.25) is 0 Å². The number of hydrogen-bond donors (Lipinski definition) is 3. The molecule has 0 saturated carbocycles. The molecule has 0 aromatic carbocycles. The van der Waals surface area contributed by atoms with Gasteiger partial charge in [-0.25, -0.2) is 4.79 Å². The zero-order valence-electron chi connectivity index (χ0n) is 11.6.